The van der Waals surface area contributed by atoms with E-state index in [0.717, 1.165) is 21.9 Å². The van der Waals surface area contributed by atoms with E-state index in [9.17, 15) is 18.0 Å². The van der Waals surface area contributed by atoms with Crippen molar-refractivity contribution in [2.24, 2.45) is 0 Å². The number of esters is 1. The minimum absolute atomic E-state index is 0.0956. The molecule has 8 heteroatoms. The molecule has 6 nitrogen and oxygen atoms in total. The van der Waals surface area contributed by atoms with E-state index >= 15 is 0 Å². The fraction of sp³-hybridized carbons (Fsp3) is 0.158. The highest BCUT2D eigenvalue weighted by Crippen LogP contribution is 2.30. The molecule has 0 bridgehead atoms. The quantitative estimate of drug-likeness (QED) is 0.660. The van der Waals surface area contributed by atoms with Gasteiger partial charge in [-0.2, -0.15) is 0 Å². The van der Waals surface area contributed by atoms with Crippen LogP contribution in [0.25, 0.3) is 10.1 Å². The van der Waals surface area contributed by atoms with E-state index in [1.54, 1.807) is 6.07 Å². The molecule has 0 unspecified atom stereocenters. The summed E-state index contributed by atoms with van der Waals surface area (Å²) in [5.74, 6) is -1.11. The number of ether oxygens (including phenoxy) is 1. The maximum atomic E-state index is 12.3. The summed E-state index contributed by atoms with van der Waals surface area (Å²) < 4.78 is 29.2. The summed E-state index contributed by atoms with van der Waals surface area (Å²) in [5.41, 5.74) is 1.14. The normalized spacial score (nSPS) is 11.3. The van der Waals surface area contributed by atoms with Crippen molar-refractivity contribution in [2.45, 2.75) is 11.8 Å². The molecule has 0 aliphatic heterocycles. The smallest absolute Gasteiger partial charge is 0.349 e. The van der Waals surface area contributed by atoms with Gasteiger partial charge in [-0.3, -0.25) is 4.79 Å². The molecule has 0 saturated carbocycles. The fourth-order valence-electron chi connectivity index (χ4n) is 2.57. The van der Waals surface area contributed by atoms with Crippen molar-refractivity contribution in [1.29, 1.82) is 0 Å². The molecule has 0 fully saturated rings. The molecule has 0 aliphatic rings. The standard InChI is InChI=1S/C19H17NO5S2/c1-12-15-8-3-4-9-16(15)26-18(12)19(22)25-11-17(21)20-13-6-5-7-14(10-13)27(2,23)24/h3-10H,11H2,1-2H3,(H,20,21). The van der Waals surface area contributed by atoms with Crippen molar-refractivity contribution >= 4 is 48.8 Å². The molecule has 2 aromatic carbocycles. The third-order valence-electron chi connectivity index (χ3n) is 3.91. The summed E-state index contributed by atoms with van der Waals surface area (Å²) in [4.78, 5) is 24.9. The van der Waals surface area contributed by atoms with Gasteiger partial charge in [-0.1, -0.05) is 24.3 Å². The topological polar surface area (TPSA) is 89.5 Å². The number of amides is 1. The molecule has 1 aromatic heterocycles. The predicted octanol–water partition coefficient (Wildman–Crippen LogP) is 3.41. The van der Waals surface area contributed by atoms with Gasteiger partial charge in [0.2, 0.25) is 0 Å². The van der Waals surface area contributed by atoms with Gasteiger partial charge in [-0.05, 0) is 42.1 Å². The predicted molar refractivity (Wildman–Crippen MR) is 105 cm³/mol. The number of rotatable bonds is 5. The van der Waals surface area contributed by atoms with Crippen molar-refractivity contribution in [1.82, 2.24) is 0 Å². The minimum Gasteiger partial charge on any atom is -0.451 e. The summed E-state index contributed by atoms with van der Waals surface area (Å²) in [6.45, 7) is 1.38. The van der Waals surface area contributed by atoms with Gasteiger partial charge in [-0.15, -0.1) is 11.3 Å². The van der Waals surface area contributed by atoms with E-state index in [1.165, 1.54) is 29.5 Å². The highest BCUT2D eigenvalue weighted by molar-refractivity contribution is 7.90. The van der Waals surface area contributed by atoms with Crippen molar-refractivity contribution in [3.8, 4) is 0 Å². The molecule has 0 aliphatic carbocycles. The van der Waals surface area contributed by atoms with Crippen LogP contribution in [0, 0.1) is 6.92 Å². The number of hydrogen-bond donors (Lipinski definition) is 1. The highest BCUT2D eigenvalue weighted by atomic mass is 32.2. The number of sulfone groups is 1. The zero-order chi connectivity index (χ0) is 19.6. The molecule has 140 valence electrons. The third-order valence-corrected chi connectivity index (χ3v) is 6.27. The maximum absolute atomic E-state index is 12.3. The van der Waals surface area contributed by atoms with Gasteiger partial charge in [0, 0.05) is 16.6 Å². The number of anilines is 1. The van der Waals surface area contributed by atoms with Gasteiger partial charge in [0.25, 0.3) is 5.91 Å². The van der Waals surface area contributed by atoms with Crippen molar-refractivity contribution < 1.29 is 22.7 Å². The van der Waals surface area contributed by atoms with E-state index in [1.807, 2.05) is 31.2 Å². The molecule has 3 aromatic rings. The van der Waals surface area contributed by atoms with E-state index in [4.69, 9.17) is 4.74 Å². The molecular weight excluding hydrogens is 386 g/mol. The van der Waals surface area contributed by atoms with Crippen LogP contribution in [0.3, 0.4) is 0 Å². The van der Waals surface area contributed by atoms with Crippen LogP contribution in [0.4, 0.5) is 5.69 Å². The van der Waals surface area contributed by atoms with E-state index in [0.29, 0.717) is 10.6 Å². The number of hydrogen-bond acceptors (Lipinski definition) is 6. The number of thiophene rings is 1. The summed E-state index contributed by atoms with van der Waals surface area (Å²) in [7, 11) is -3.38. The molecule has 0 saturated heterocycles. The Balaban J connectivity index is 1.65. The largest absolute Gasteiger partial charge is 0.451 e. The van der Waals surface area contributed by atoms with Crippen LogP contribution in [0.5, 0.6) is 0 Å². The molecule has 3 rings (SSSR count). The number of carbonyl (C=O) groups excluding carboxylic acids is 2. The lowest BCUT2D eigenvalue weighted by Gasteiger charge is -2.07. The Morgan fingerprint density at radius 3 is 2.56 bits per heavy atom. The van der Waals surface area contributed by atoms with Gasteiger partial charge in [0.1, 0.15) is 4.88 Å². The van der Waals surface area contributed by atoms with Gasteiger partial charge in [0.05, 0.1) is 4.90 Å². The summed E-state index contributed by atoms with van der Waals surface area (Å²) in [5, 5.41) is 3.51. The fourth-order valence-corrected chi connectivity index (χ4v) is 4.34. The first-order valence-electron chi connectivity index (χ1n) is 8.01. The van der Waals surface area contributed by atoms with Crippen molar-refractivity contribution in [2.75, 3.05) is 18.2 Å². The number of nitrogens with one attached hydrogen (secondary N) is 1. The van der Waals surface area contributed by atoms with E-state index in [2.05, 4.69) is 5.32 Å². The third kappa shape index (κ3) is 4.35. The zero-order valence-corrected chi connectivity index (χ0v) is 16.3. The first-order valence-corrected chi connectivity index (χ1v) is 10.7. The lowest BCUT2D eigenvalue weighted by Crippen LogP contribution is -2.21. The zero-order valence-electron chi connectivity index (χ0n) is 14.7. The molecule has 1 heterocycles. The lowest BCUT2D eigenvalue weighted by molar-refractivity contribution is -0.119. The van der Waals surface area contributed by atoms with Crippen LogP contribution in [0.2, 0.25) is 0 Å². The SMILES string of the molecule is Cc1c(C(=O)OCC(=O)Nc2cccc(S(C)(=O)=O)c2)sc2ccccc12. The second kappa shape index (κ2) is 7.50. The molecule has 0 atom stereocenters. The Labute approximate surface area is 160 Å². The number of carbonyl (C=O) groups is 2. The second-order valence-electron chi connectivity index (χ2n) is 5.98. The first kappa shape index (κ1) is 19.1. The average molecular weight is 403 g/mol. The van der Waals surface area contributed by atoms with Crippen LogP contribution in [0.15, 0.2) is 53.4 Å². The Morgan fingerprint density at radius 1 is 1.11 bits per heavy atom. The Hall–Kier alpha value is -2.71. The van der Waals surface area contributed by atoms with Crippen LogP contribution < -0.4 is 5.32 Å². The molecule has 0 spiro atoms. The summed E-state index contributed by atoms with van der Waals surface area (Å²) >= 11 is 1.32. The second-order valence-corrected chi connectivity index (χ2v) is 9.04. The van der Waals surface area contributed by atoms with Crippen LogP contribution in [-0.4, -0.2) is 33.2 Å². The Bertz CT molecular complexity index is 1130. The minimum atomic E-state index is -3.38. The van der Waals surface area contributed by atoms with Gasteiger partial charge < -0.3 is 10.1 Å². The van der Waals surface area contributed by atoms with E-state index in [-0.39, 0.29) is 4.90 Å². The maximum Gasteiger partial charge on any atom is 0.349 e. The molecule has 0 radical (unpaired) electrons. The highest BCUT2D eigenvalue weighted by Gasteiger charge is 2.18. The van der Waals surface area contributed by atoms with Gasteiger partial charge in [0.15, 0.2) is 16.4 Å². The average Bonchev–Trinajstić information content (AvgIpc) is 2.96. The summed E-state index contributed by atoms with van der Waals surface area (Å²) in [6.07, 6.45) is 1.09. The van der Waals surface area contributed by atoms with Crippen molar-refractivity contribution in [3.63, 3.8) is 0 Å². The van der Waals surface area contributed by atoms with Gasteiger partial charge in [-0.25, -0.2) is 13.2 Å². The molecule has 1 amide bonds. The van der Waals surface area contributed by atoms with Crippen LogP contribution in [-0.2, 0) is 19.4 Å². The van der Waals surface area contributed by atoms with E-state index < -0.39 is 28.3 Å². The number of fused-ring (bicyclic) bond motifs is 1. The summed E-state index contributed by atoms with van der Waals surface area (Å²) in [6, 6.07) is 13.5. The number of aryl methyl sites for hydroxylation is 1. The molecule has 27 heavy (non-hydrogen) atoms. The Kier molecular flexibility index (Phi) is 5.29. The number of benzene rings is 2. The molecular formula is C19H17NO5S2. The van der Waals surface area contributed by atoms with Crippen LogP contribution in [0.1, 0.15) is 15.2 Å². The van der Waals surface area contributed by atoms with Gasteiger partial charge >= 0.3 is 5.97 Å². The Morgan fingerprint density at radius 2 is 1.85 bits per heavy atom. The van der Waals surface area contributed by atoms with Crippen LogP contribution >= 0.6 is 11.3 Å². The first-order chi connectivity index (χ1) is 12.8. The monoisotopic (exact) mass is 403 g/mol. The lowest BCUT2D eigenvalue weighted by atomic mass is 10.1. The molecule has 1 N–H and O–H groups in total. The van der Waals surface area contributed by atoms with Crippen molar-refractivity contribution in [3.05, 3.63) is 59.0 Å².